The number of nitrogens with one attached hydrogen (secondary N) is 1. The molecule has 0 aromatic rings. The molecular formula is C10H18N2O2. The van der Waals surface area contributed by atoms with Gasteiger partial charge >= 0.3 is 5.97 Å². The first-order valence-corrected chi connectivity index (χ1v) is 5.17. The summed E-state index contributed by atoms with van der Waals surface area (Å²) in [6, 6.07) is 0. The van der Waals surface area contributed by atoms with Gasteiger partial charge in [0.25, 0.3) is 0 Å². The van der Waals surface area contributed by atoms with Gasteiger partial charge in [-0.1, -0.05) is 6.92 Å². The van der Waals surface area contributed by atoms with Gasteiger partial charge in [0.15, 0.2) is 0 Å². The van der Waals surface area contributed by atoms with E-state index in [9.17, 15) is 4.79 Å². The summed E-state index contributed by atoms with van der Waals surface area (Å²) < 4.78 is 4.87. The van der Waals surface area contributed by atoms with Crippen molar-refractivity contribution in [3.63, 3.8) is 0 Å². The van der Waals surface area contributed by atoms with Crippen LogP contribution in [0, 0.1) is 0 Å². The fourth-order valence-electron chi connectivity index (χ4n) is 1.31. The molecule has 0 aliphatic carbocycles. The maximum absolute atomic E-state index is 11.0. The first kappa shape index (κ1) is 11.0. The number of hydrogen-bond acceptors (Lipinski definition) is 4. The van der Waals surface area contributed by atoms with Gasteiger partial charge in [0.1, 0.15) is 0 Å². The molecule has 0 radical (unpaired) electrons. The maximum atomic E-state index is 11.0. The van der Waals surface area contributed by atoms with Crippen molar-refractivity contribution in [2.45, 2.75) is 26.2 Å². The minimum Gasteiger partial charge on any atom is -0.463 e. The molecule has 4 heteroatoms. The summed E-state index contributed by atoms with van der Waals surface area (Å²) in [5, 5.41) is 2.09. The first-order valence-electron chi connectivity index (χ1n) is 5.17. The number of ether oxygens (including phenoxy) is 1. The van der Waals surface area contributed by atoms with E-state index in [-0.39, 0.29) is 5.97 Å². The second-order valence-electron chi connectivity index (χ2n) is 3.32. The SMILES string of the molecule is CCCOC(=O)C=CNN1CCCC1. The monoisotopic (exact) mass is 198 g/mol. The highest BCUT2D eigenvalue weighted by atomic mass is 16.5. The summed E-state index contributed by atoms with van der Waals surface area (Å²) in [5.74, 6) is -0.279. The summed E-state index contributed by atoms with van der Waals surface area (Å²) in [7, 11) is 0. The number of esters is 1. The van der Waals surface area contributed by atoms with E-state index < -0.39 is 0 Å². The van der Waals surface area contributed by atoms with E-state index in [1.807, 2.05) is 6.92 Å². The second kappa shape index (κ2) is 6.43. The van der Waals surface area contributed by atoms with Crippen LogP contribution in [-0.4, -0.2) is 30.7 Å². The van der Waals surface area contributed by atoms with E-state index in [2.05, 4.69) is 10.4 Å². The van der Waals surface area contributed by atoms with Crippen molar-refractivity contribution >= 4 is 5.97 Å². The molecule has 1 N–H and O–H groups in total. The summed E-state index contributed by atoms with van der Waals surface area (Å²) in [5.41, 5.74) is 3.04. The first-order chi connectivity index (χ1) is 6.83. The molecule has 4 nitrogen and oxygen atoms in total. The van der Waals surface area contributed by atoms with Crippen molar-refractivity contribution in [2.24, 2.45) is 0 Å². The fourth-order valence-corrected chi connectivity index (χ4v) is 1.31. The number of nitrogens with zero attached hydrogens (tertiary/aromatic N) is 1. The van der Waals surface area contributed by atoms with E-state index in [1.54, 1.807) is 6.20 Å². The quantitative estimate of drug-likeness (QED) is 0.529. The number of carbonyl (C=O) groups is 1. The Morgan fingerprint density at radius 3 is 2.86 bits per heavy atom. The van der Waals surface area contributed by atoms with Crippen molar-refractivity contribution < 1.29 is 9.53 Å². The summed E-state index contributed by atoms with van der Waals surface area (Å²) in [6.07, 6.45) is 6.37. The summed E-state index contributed by atoms with van der Waals surface area (Å²) >= 11 is 0. The van der Waals surface area contributed by atoms with Crippen LogP contribution in [0.2, 0.25) is 0 Å². The third-order valence-corrected chi connectivity index (χ3v) is 2.03. The third kappa shape index (κ3) is 4.28. The Morgan fingerprint density at radius 1 is 1.50 bits per heavy atom. The van der Waals surface area contributed by atoms with Gasteiger partial charge in [-0.25, -0.2) is 9.80 Å². The molecule has 0 aromatic heterocycles. The number of hydrogen-bond donors (Lipinski definition) is 1. The van der Waals surface area contributed by atoms with Crippen molar-refractivity contribution in [1.82, 2.24) is 10.4 Å². The van der Waals surface area contributed by atoms with Crippen LogP contribution in [-0.2, 0) is 9.53 Å². The Kier molecular flexibility index (Phi) is 5.07. The van der Waals surface area contributed by atoms with Crippen LogP contribution in [0.1, 0.15) is 26.2 Å². The molecular weight excluding hydrogens is 180 g/mol. The maximum Gasteiger partial charge on any atom is 0.332 e. The van der Waals surface area contributed by atoms with E-state index in [0.29, 0.717) is 6.61 Å². The highest BCUT2D eigenvalue weighted by Crippen LogP contribution is 2.03. The minimum absolute atomic E-state index is 0.279. The Hall–Kier alpha value is -1.03. The molecule has 1 saturated heterocycles. The van der Waals surface area contributed by atoms with Crippen LogP contribution in [0.25, 0.3) is 0 Å². The largest absolute Gasteiger partial charge is 0.463 e. The van der Waals surface area contributed by atoms with Gasteiger partial charge in [0.05, 0.1) is 6.61 Å². The van der Waals surface area contributed by atoms with E-state index >= 15 is 0 Å². The highest BCUT2D eigenvalue weighted by Gasteiger charge is 2.08. The topological polar surface area (TPSA) is 41.6 Å². The number of rotatable bonds is 5. The fraction of sp³-hybridized carbons (Fsp3) is 0.700. The predicted molar refractivity (Wildman–Crippen MR) is 54.3 cm³/mol. The average molecular weight is 198 g/mol. The number of hydrazine groups is 1. The lowest BCUT2D eigenvalue weighted by molar-refractivity contribution is -0.137. The van der Waals surface area contributed by atoms with E-state index in [1.165, 1.54) is 18.9 Å². The Labute approximate surface area is 84.9 Å². The predicted octanol–water partition coefficient (Wildman–Crippen LogP) is 1.05. The van der Waals surface area contributed by atoms with Gasteiger partial charge in [-0.05, 0) is 19.3 Å². The van der Waals surface area contributed by atoms with Crippen LogP contribution < -0.4 is 5.43 Å². The molecule has 0 amide bonds. The van der Waals surface area contributed by atoms with Crippen LogP contribution in [0.4, 0.5) is 0 Å². The molecule has 0 bridgehead atoms. The molecule has 14 heavy (non-hydrogen) atoms. The van der Waals surface area contributed by atoms with E-state index in [0.717, 1.165) is 19.5 Å². The second-order valence-corrected chi connectivity index (χ2v) is 3.32. The standard InChI is InChI=1S/C10H18N2O2/c1-2-9-14-10(13)5-6-11-12-7-3-4-8-12/h5-6,11H,2-4,7-9H2,1H3. The molecule has 0 unspecified atom stereocenters. The lowest BCUT2D eigenvalue weighted by atomic mass is 10.4. The molecule has 0 aromatic carbocycles. The third-order valence-electron chi connectivity index (χ3n) is 2.03. The molecule has 0 saturated carbocycles. The zero-order chi connectivity index (χ0) is 10.2. The highest BCUT2D eigenvalue weighted by molar-refractivity contribution is 5.81. The smallest absolute Gasteiger partial charge is 0.332 e. The molecule has 1 aliphatic rings. The molecule has 1 rings (SSSR count). The van der Waals surface area contributed by atoms with Crippen LogP contribution in [0.3, 0.4) is 0 Å². The summed E-state index contributed by atoms with van der Waals surface area (Å²) in [6.45, 7) is 4.56. The van der Waals surface area contributed by atoms with Crippen molar-refractivity contribution in [3.8, 4) is 0 Å². The van der Waals surface area contributed by atoms with Gasteiger partial charge in [-0.3, -0.25) is 0 Å². The lowest BCUT2D eigenvalue weighted by Gasteiger charge is -2.13. The van der Waals surface area contributed by atoms with E-state index in [4.69, 9.17) is 4.74 Å². The van der Waals surface area contributed by atoms with Gasteiger partial charge in [-0.2, -0.15) is 0 Å². The molecule has 1 heterocycles. The Bertz CT molecular complexity index is 198. The Morgan fingerprint density at radius 2 is 2.21 bits per heavy atom. The van der Waals surface area contributed by atoms with Crippen LogP contribution in [0.5, 0.6) is 0 Å². The van der Waals surface area contributed by atoms with Gasteiger partial charge in [-0.15, -0.1) is 0 Å². The lowest BCUT2D eigenvalue weighted by Crippen LogP contribution is -2.30. The molecule has 0 spiro atoms. The minimum atomic E-state index is -0.279. The van der Waals surface area contributed by atoms with Gasteiger partial charge in [0.2, 0.25) is 0 Å². The van der Waals surface area contributed by atoms with Crippen LogP contribution in [0.15, 0.2) is 12.3 Å². The number of carbonyl (C=O) groups excluding carboxylic acids is 1. The molecule has 80 valence electrons. The molecule has 0 atom stereocenters. The molecule has 1 aliphatic heterocycles. The zero-order valence-corrected chi connectivity index (χ0v) is 8.66. The van der Waals surface area contributed by atoms with Crippen molar-refractivity contribution in [3.05, 3.63) is 12.3 Å². The van der Waals surface area contributed by atoms with Gasteiger partial charge < -0.3 is 10.2 Å². The summed E-state index contributed by atoms with van der Waals surface area (Å²) in [4.78, 5) is 11.0. The van der Waals surface area contributed by atoms with Gasteiger partial charge in [0, 0.05) is 25.4 Å². The van der Waals surface area contributed by atoms with Crippen molar-refractivity contribution in [1.29, 1.82) is 0 Å². The zero-order valence-electron chi connectivity index (χ0n) is 8.66. The van der Waals surface area contributed by atoms with Crippen LogP contribution >= 0.6 is 0 Å². The normalized spacial score (nSPS) is 17.5. The molecule has 1 fully saturated rings. The average Bonchev–Trinajstić information content (AvgIpc) is 2.67. The van der Waals surface area contributed by atoms with Crippen molar-refractivity contribution in [2.75, 3.05) is 19.7 Å². The Balaban J connectivity index is 2.09.